The Balaban J connectivity index is 1.88. The fourth-order valence-corrected chi connectivity index (χ4v) is 3.56. The van der Waals surface area contributed by atoms with Crippen LogP contribution >= 0.6 is 0 Å². The minimum atomic E-state index is -0.137. The SMILES string of the molecule is COc1cccc2c1CCC2NC(=O)NCC(CCO)CC(C)C. The Labute approximate surface area is 144 Å². The van der Waals surface area contributed by atoms with E-state index in [1.54, 1.807) is 7.11 Å². The van der Waals surface area contributed by atoms with E-state index in [9.17, 15) is 4.79 Å². The first kappa shape index (κ1) is 18.6. The molecule has 134 valence electrons. The number of fused-ring (bicyclic) bond motifs is 1. The number of benzene rings is 1. The molecule has 2 atom stereocenters. The zero-order valence-corrected chi connectivity index (χ0v) is 15.0. The van der Waals surface area contributed by atoms with Gasteiger partial charge in [0.1, 0.15) is 5.75 Å². The van der Waals surface area contributed by atoms with Crippen molar-refractivity contribution in [2.24, 2.45) is 11.8 Å². The second-order valence-corrected chi connectivity index (χ2v) is 6.98. The van der Waals surface area contributed by atoms with Gasteiger partial charge in [-0.25, -0.2) is 4.79 Å². The molecule has 0 radical (unpaired) electrons. The maximum absolute atomic E-state index is 12.2. The first-order chi connectivity index (χ1) is 11.5. The maximum atomic E-state index is 12.2. The van der Waals surface area contributed by atoms with Gasteiger partial charge < -0.3 is 20.5 Å². The van der Waals surface area contributed by atoms with Gasteiger partial charge in [0.05, 0.1) is 13.2 Å². The molecule has 0 bridgehead atoms. The summed E-state index contributed by atoms with van der Waals surface area (Å²) in [6.45, 7) is 5.08. The van der Waals surface area contributed by atoms with Crippen LogP contribution in [0.15, 0.2) is 18.2 Å². The van der Waals surface area contributed by atoms with Gasteiger partial charge in [-0.05, 0) is 54.7 Å². The molecule has 0 aliphatic heterocycles. The van der Waals surface area contributed by atoms with E-state index in [0.717, 1.165) is 37.0 Å². The number of methoxy groups -OCH3 is 1. The molecule has 0 saturated carbocycles. The van der Waals surface area contributed by atoms with Crippen LogP contribution in [0.5, 0.6) is 5.75 Å². The maximum Gasteiger partial charge on any atom is 0.315 e. The van der Waals surface area contributed by atoms with Crippen LogP contribution in [-0.2, 0) is 6.42 Å². The Morgan fingerprint density at radius 3 is 2.88 bits per heavy atom. The van der Waals surface area contributed by atoms with Crippen LogP contribution in [0.1, 0.15) is 50.3 Å². The number of hydrogen-bond acceptors (Lipinski definition) is 3. The molecule has 1 aromatic rings. The monoisotopic (exact) mass is 334 g/mol. The lowest BCUT2D eigenvalue weighted by Gasteiger charge is -2.20. The van der Waals surface area contributed by atoms with Gasteiger partial charge in [-0.2, -0.15) is 0 Å². The molecule has 24 heavy (non-hydrogen) atoms. The molecule has 1 aliphatic carbocycles. The minimum Gasteiger partial charge on any atom is -0.496 e. The smallest absolute Gasteiger partial charge is 0.315 e. The predicted octanol–water partition coefficient (Wildman–Crippen LogP) is 3.03. The van der Waals surface area contributed by atoms with Crippen molar-refractivity contribution in [3.8, 4) is 5.75 Å². The number of aliphatic hydroxyl groups excluding tert-OH is 1. The van der Waals surface area contributed by atoms with Gasteiger partial charge >= 0.3 is 6.03 Å². The number of nitrogens with one attached hydrogen (secondary N) is 2. The summed E-state index contributed by atoms with van der Waals surface area (Å²) in [4.78, 5) is 12.2. The van der Waals surface area contributed by atoms with Gasteiger partial charge in [0, 0.05) is 13.2 Å². The Morgan fingerprint density at radius 1 is 1.42 bits per heavy atom. The highest BCUT2D eigenvalue weighted by Crippen LogP contribution is 2.36. The number of urea groups is 1. The van der Waals surface area contributed by atoms with Gasteiger partial charge in [-0.1, -0.05) is 26.0 Å². The molecule has 5 heteroatoms. The third-order valence-corrected chi connectivity index (χ3v) is 4.65. The first-order valence-corrected chi connectivity index (χ1v) is 8.86. The molecule has 2 unspecified atom stereocenters. The van der Waals surface area contributed by atoms with Gasteiger partial charge in [-0.3, -0.25) is 0 Å². The van der Waals surface area contributed by atoms with Gasteiger partial charge in [0.25, 0.3) is 0 Å². The lowest BCUT2D eigenvalue weighted by Crippen LogP contribution is -2.40. The summed E-state index contributed by atoms with van der Waals surface area (Å²) in [6.07, 6.45) is 3.55. The lowest BCUT2D eigenvalue weighted by atomic mass is 9.94. The van der Waals surface area contributed by atoms with Crippen molar-refractivity contribution in [3.63, 3.8) is 0 Å². The molecule has 1 aliphatic rings. The number of aliphatic hydroxyl groups is 1. The molecule has 1 aromatic carbocycles. The number of ether oxygens (including phenoxy) is 1. The minimum absolute atomic E-state index is 0.0384. The quantitative estimate of drug-likeness (QED) is 0.684. The Kier molecular flexibility index (Phi) is 6.91. The van der Waals surface area contributed by atoms with Crippen molar-refractivity contribution in [3.05, 3.63) is 29.3 Å². The van der Waals surface area contributed by atoms with E-state index in [0.29, 0.717) is 18.4 Å². The van der Waals surface area contributed by atoms with E-state index in [-0.39, 0.29) is 18.7 Å². The molecule has 3 N–H and O–H groups in total. The summed E-state index contributed by atoms with van der Waals surface area (Å²) in [5.74, 6) is 1.77. The van der Waals surface area contributed by atoms with Crippen LogP contribution in [-0.4, -0.2) is 31.4 Å². The van der Waals surface area contributed by atoms with Crippen LogP contribution in [0, 0.1) is 11.8 Å². The normalized spacial score (nSPS) is 17.5. The van der Waals surface area contributed by atoms with Crippen LogP contribution < -0.4 is 15.4 Å². The molecule has 0 spiro atoms. The Morgan fingerprint density at radius 2 is 2.21 bits per heavy atom. The number of rotatable bonds is 8. The van der Waals surface area contributed by atoms with Gasteiger partial charge in [-0.15, -0.1) is 0 Å². The predicted molar refractivity (Wildman–Crippen MR) is 95.2 cm³/mol. The summed E-state index contributed by atoms with van der Waals surface area (Å²) in [7, 11) is 1.68. The number of hydrogen-bond donors (Lipinski definition) is 3. The third-order valence-electron chi connectivity index (χ3n) is 4.65. The molecule has 0 heterocycles. The fourth-order valence-electron chi connectivity index (χ4n) is 3.56. The third kappa shape index (κ3) is 4.87. The molecule has 5 nitrogen and oxygen atoms in total. The number of carbonyl (C=O) groups is 1. The summed E-state index contributed by atoms with van der Waals surface area (Å²) in [5, 5.41) is 15.2. The summed E-state index contributed by atoms with van der Waals surface area (Å²) >= 11 is 0. The highest BCUT2D eigenvalue weighted by Gasteiger charge is 2.26. The van der Waals surface area contributed by atoms with Crippen LogP contribution in [0.25, 0.3) is 0 Å². The lowest BCUT2D eigenvalue weighted by molar-refractivity contribution is 0.222. The average Bonchev–Trinajstić information content (AvgIpc) is 2.95. The largest absolute Gasteiger partial charge is 0.496 e. The highest BCUT2D eigenvalue weighted by molar-refractivity contribution is 5.74. The molecule has 2 amide bonds. The standard InChI is InChI=1S/C19H30N2O3/c1-13(2)11-14(9-10-22)12-20-19(23)21-17-8-7-16-15(17)5-4-6-18(16)24-3/h4-6,13-14,17,22H,7-12H2,1-3H3,(H2,20,21,23). The van der Waals surface area contributed by atoms with Crippen molar-refractivity contribution < 1.29 is 14.6 Å². The van der Waals surface area contributed by atoms with Crippen molar-refractivity contribution in [2.45, 2.75) is 45.6 Å². The number of amides is 2. The second kappa shape index (κ2) is 8.92. The van der Waals surface area contributed by atoms with Gasteiger partial charge in [0.15, 0.2) is 0 Å². The molecular weight excluding hydrogens is 304 g/mol. The average molecular weight is 334 g/mol. The second-order valence-electron chi connectivity index (χ2n) is 6.98. The fraction of sp³-hybridized carbons (Fsp3) is 0.632. The van der Waals surface area contributed by atoms with E-state index in [1.165, 1.54) is 5.56 Å². The Hall–Kier alpha value is -1.75. The first-order valence-electron chi connectivity index (χ1n) is 8.86. The summed E-state index contributed by atoms with van der Waals surface area (Å²) in [6, 6.07) is 5.89. The van der Waals surface area contributed by atoms with Gasteiger partial charge in [0.2, 0.25) is 0 Å². The summed E-state index contributed by atoms with van der Waals surface area (Å²) in [5.41, 5.74) is 2.35. The Bertz CT molecular complexity index is 545. The molecular formula is C19H30N2O3. The topological polar surface area (TPSA) is 70.6 Å². The number of carbonyl (C=O) groups excluding carboxylic acids is 1. The van der Waals surface area contributed by atoms with Crippen LogP contribution in [0.2, 0.25) is 0 Å². The zero-order chi connectivity index (χ0) is 17.5. The van der Waals surface area contributed by atoms with Crippen molar-refractivity contribution in [2.75, 3.05) is 20.3 Å². The van der Waals surface area contributed by atoms with Crippen LogP contribution in [0.4, 0.5) is 4.79 Å². The summed E-state index contributed by atoms with van der Waals surface area (Å²) < 4.78 is 5.40. The van der Waals surface area contributed by atoms with Crippen molar-refractivity contribution in [1.29, 1.82) is 0 Å². The van der Waals surface area contributed by atoms with E-state index in [2.05, 4.69) is 30.5 Å². The van der Waals surface area contributed by atoms with Crippen molar-refractivity contribution >= 4 is 6.03 Å². The molecule has 0 fully saturated rings. The van der Waals surface area contributed by atoms with Crippen molar-refractivity contribution in [1.82, 2.24) is 10.6 Å². The van der Waals surface area contributed by atoms with E-state index >= 15 is 0 Å². The van der Waals surface area contributed by atoms with E-state index < -0.39 is 0 Å². The van der Waals surface area contributed by atoms with E-state index in [1.807, 2.05) is 12.1 Å². The highest BCUT2D eigenvalue weighted by atomic mass is 16.5. The molecule has 2 rings (SSSR count). The molecule has 0 aromatic heterocycles. The van der Waals surface area contributed by atoms with Crippen LogP contribution in [0.3, 0.4) is 0 Å². The molecule has 0 saturated heterocycles. The van der Waals surface area contributed by atoms with E-state index in [4.69, 9.17) is 9.84 Å². The zero-order valence-electron chi connectivity index (χ0n) is 15.0.